The fourth-order valence-corrected chi connectivity index (χ4v) is 1.24. The summed E-state index contributed by atoms with van der Waals surface area (Å²) in [5.41, 5.74) is 1.84. The third-order valence-corrected chi connectivity index (χ3v) is 1.84. The van der Waals surface area contributed by atoms with Crippen LogP contribution in [0.3, 0.4) is 0 Å². The number of rotatable bonds is 1. The third-order valence-electron chi connectivity index (χ3n) is 1.84. The lowest BCUT2D eigenvalue weighted by atomic mass is 10.4. The van der Waals surface area contributed by atoms with Gasteiger partial charge in [-0.25, -0.2) is 9.78 Å². The van der Waals surface area contributed by atoms with Gasteiger partial charge in [-0.15, -0.1) is 4.99 Å². The summed E-state index contributed by atoms with van der Waals surface area (Å²) in [5, 5.41) is 0. The lowest BCUT2D eigenvalue weighted by molar-refractivity contribution is 0.565. The van der Waals surface area contributed by atoms with E-state index in [0.29, 0.717) is 5.82 Å². The molecule has 2 heterocycles. The van der Waals surface area contributed by atoms with Crippen molar-refractivity contribution in [1.82, 2.24) is 9.38 Å². The van der Waals surface area contributed by atoms with Crippen molar-refractivity contribution in [1.29, 1.82) is 0 Å². The van der Waals surface area contributed by atoms with Crippen LogP contribution in [0.1, 0.15) is 5.69 Å². The molecule has 2 rings (SSSR count). The van der Waals surface area contributed by atoms with Crippen molar-refractivity contribution >= 4 is 17.5 Å². The Morgan fingerprint density at radius 2 is 2.38 bits per heavy atom. The first-order valence-electron chi connectivity index (χ1n) is 3.84. The van der Waals surface area contributed by atoms with Crippen LogP contribution in [0, 0.1) is 6.92 Å². The van der Waals surface area contributed by atoms with E-state index in [-0.39, 0.29) is 0 Å². The first-order valence-corrected chi connectivity index (χ1v) is 3.84. The molecule has 0 radical (unpaired) electrons. The summed E-state index contributed by atoms with van der Waals surface area (Å²) in [4.78, 5) is 17.5. The maximum absolute atomic E-state index is 10.00. The molecule has 0 amide bonds. The van der Waals surface area contributed by atoms with E-state index in [1.54, 1.807) is 6.20 Å². The summed E-state index contributed by atoms with van der Waals surface area (Å²) in [5.74, 6) is 0.393. The van der Waals surface area contributed by atoms with Gasteiger partial charge < -0.3 is 4.40 Å². The molecule has 4 nitrogen and oxygen atoms in total. The number of aryl methyl sites for hydroxylation is 1. The molecule has 0 unspecified atom stereocenters. The fourth-order valence-electron chi connectivity index (χ4n) is 1.24. The van der Waals surface area contributed by atoms with Crippen molar-refractivity contribution in [2.75, 3.05) is 0 Å². The summed E-state index contributed by atoms with van der Waals surface area (Å²) in [6.07, 6.45) is 3.17. The first kappa shape index (κ1) is 7.71. The van der Waals surface area contributed by atoms with Gasteiger partial charge in [0.2, 0.25) is 6.08 Å². The number of aromatic nitrogens is 2. The zero-order valence-electron chi connectivity index (χ0n) is 7.06. The molecule has 0 N–H and O–H groups in total. The van der Waals surface area contributed by atoms with Crippen LogP contribution in [0.4, 0.5) is 5.82 Å². The fraction of sp³-hybridized carbons (Fsp3) is 0.111. The average Bonchev–Trinajstić information content (AvgIpc) is 2.49. The highest BCUT2D eigenvalue weighted by molar-refractivity contribution is 5.51. The molecule has 0 spiro atoms. The van der Waals surface area contributed by atoms with Gasteiger partial charge in [0.05, 0.1) is 6.20 Å². The Kier molecular flexibility index (Phi) is 1.69. The minimum atomic E-state index is 0.393. The summed E-state index contributed by atoms with van der Waals surface area (Å²) < 4.78 is 1.87. The van der Waals surface area contributed by atoms with E-state index < -0.39 is 0 Å². The van der Waals surface area contributed by atoms with Crippen molar-refractivity contribution in [2.24, 2.45) is 4.99 Å². The number of hydrogen-bond acceptors (Lipinski definition) is 3. The lowest BCUT2D eigenvalue weighted by Crippen LogP contribution is -1.86. The number of aliphatic imine (C=N–C) groups is 1. The Hall–Kier alpha value is -1.93. The van der Waals surface area contributed by atoms with E-state index in [0.717, 1.165) is 11.3 Å². The van der Waals surface area contributed by atoms with Gasteiger partial charge in [-0.05, 0) is 19.1 Å². The van der Waals surface area contributed by atoms with Crippen LogP contribution in [0.25, 0.3) is 5.65 Å². The summed E-state index contributed by atoms with van der Waals surface area (Å²) in [6.45, 7) is 1.96. The number of carbonyl (C=O) groups excluding carboxylic acids is 1. The molecule has 2 aromatic heterocycles. The Bertz CT molecular complexity index is 495. The molecular formula is C9H7N3O. The lowest BCUT2D eigenvalue weighted by Gasteiger charge is -1.95. The van der Waals surface area contributed by atoms with Crippen LogP contribution in [0.2, 0.25) is 0 Å². The van der Waals surface area contributed by atoms with Gasteiger partial charge in [0.15, 0.2) is 5.82 Å². The smallest absolute Gasteiger partial charge is 0.242 e. The number of hydrogen-bond donors (Lipinski definition) is 0. The van der Waals surface area contributed by atoms with E-state index in [4.69, 9.17) is 0 Å². The van der Waals surface area contributed by atoms with Crippen LogP contribution >= 0.6 is 0 Å². The Morgan fingerprint density at radius 3 is 3.08 bits per heavy atom. The molecular weight excluding hydrogens is 166 g/mol. The monoisotopic (exact) mass is 173 g/mol. The predicted molar refractivity (Wildman–Crippen MR) is 47.7 cm³/mol. The second-order valence-electron chi connectivity index (χ2n) is 2.70. The Labute approximate surface area is 74.6 Å². The molecule has 2 aromatic rings. The predicted octanol–water partition coefficient (Wildman–Crippen LogP) is 1.61. The zero-order chi connectivity index (χ0) is 9.26. The zero-order valence-corrected chi connectivity index (χ0v) is 7.06. The summed E-state index contributed by atoms with van der Waals surface area (Å²) >= 11 is 0. The second kappa shape index (κ2) is 2.84. The molecule has 0 aliphatic carbocycles. The van der Waals surface area contributed by atoms with Gasteiger partial charge in [0, 0.05) is 5.69 Å². The largest absolute Gasteiger partial charge is 0.302 e. The van der Waals surface area contributed by atoms with Crippen molar-refractivity contribution in [3.05, 3.63) is 30.1 Å². The molecule has 0 saturated heterocycles. The van der Waals surface area contributed by atoms with E-state index in [1.165, 1.54) is 6.08 Å². The van der Waals surface area contributed by atoms with Gasteiger partial charge in [-0.2, -0.15) is 0 Å². The van der Waals surface area contributed by atoms with E-state index in [2.05, 4.69) is 9.98 Å². The quantitative estimate of drug-likeness (QED) is 0.485. The minimum absolute atomic E-state index is 0.393. The number of isocyanates is 1. The number of pyridine rings is 1. The van der Waals surface area contributed by atoms with E-state index in [9.17, 15) is 4.79 Å². The summed E-state index contributed by atoms with van der Waals surface area (Å²) in [6, 6.07) is 5.73. The Balaban J connectivity index is 2.75. The number of nitrogens with zero attached hydrogens (tertiary/aromatic N) is 3. The molecule has 0 bridgehead atoms. The number of imidazole rings is 1. The molecule has 0 aromatic carbocycles. The van der Waals surface area contributed by atoms with Crippen LogP contribution in [0.15, 0.2) is 29.4 Å². The third kappa shape index (κ3) is 1.23. The van der Waals surface area contributed by atoms with Gasteiger partial charge in [-0.1, -0.05) is 6.07 Å². The maximum atomic E-state index is 10.00. The first-order chi connectivity index (χ1) is 6.31. The van der Waals surface area contributed by atoms with Crippen molar-refractivity contribution in [2.45, 2.75) is 6.92 Å². The van der Waals surface area contributed by atoms with E-state index in [1.807, 2.05) is 29.5 Å². The molecule has 0 aliphatic rings. The molecule has 0 fully saturated rings. The van der Waals surface area contributed by atoms with Crippen LogP contribution in [-0.4, -0.2) is 15.5 Å². The minimum Gasteiger partial charge on any atom is -0.302 e. The molecule has 0 aliphatic heterocycles. The van der Waals surface area contributed by atoms with Crippen LogP contribution in [-0.2, 0) is 4.79 Å². The Morgan fingerprint density at radius 1 is 1.54 bits per heavy atom. The second-order valence-corrected chi connectivity index (χ2v) is 2.70. The SMILES string of the molecule is Cc1cccc2nc(N=C=O)cn12. The van der Waals surface area contributed by atoms with Gasteiger partial charge in [-0.3, -0.25) is 0 Å². The standard InChI is InChI=1S/C9H7N3O/c1-7-3-2-4-9-11-8(10-6-13)5-12(7)9/h2-5H,1H3. The van der Waals surface area contributed by atoms with E-state index >= 15 is 0 Å². The topological polar surface area (TPSA) is 46.7 Å². The molecule has 0 atom stereocenters. The maximum Gasteiger partial charge on any atom is 0.242 e. The van der Waals surface area contributed by atoms with Crippen LogP contribution in [0.5, 0.6) is 0 Å². The molecule has 0 saturated carbocycles. The van der Waals surface area contributed by atoms with Crippen LogP contribution < -0.4 is 0 Å². The van der Waals surface area contributed by atoms with Crippen molar-refractivity contribution in [3.63, 3.8) is 0 Å². The van der Waals surface area contributed by atoms with Gasteiger partial charge >= 0.3 is 0 Å². The molecule has 4 heteroatoms. The van der Waals surface area contributed by atoms with Crippen molar-refractivity contribution < 1.29 is 4.79 Å². The average molecular weight is 173 g/mol. The highest BCUT2D eigenvalue weighted by atomic mass is 16.1. The molecule has 64 valence electrons. The normalized spacial score (nSPS) is 9.92. The highest BCUT2D eigenvalue weighted by Gasteiger charge is 2.00. The van der Waals surface area contributed by atoms with Crippen molar-refractivity contribution in [3.8, 4) is 0 Å². The summed E-state index contributed by atoms with van der Waals surface area (Å²) in [7, 11) is 0. The molecule has 13 heavy (non-hydrogen) atoms. The highest BCUT2D eigenvalue weighted by Crippen LogP contribution is 2.13. The van der Waals surface area contributed by atoms with Gasteiger partial charge in [0.1, 0.15) is 5.65 Å². The van der Waals surface area contributed by atoms with Gasteiger partial charge in [0.25, 0.3) is 0 Å². The number of fused-ring (bicyclic) bond motifs is 1.